The smallest absolute Gasteiger partial charge is 0.296 e. The number of amides is 1. The summed E-state index contributed by atoms with van der Waals surface area (Å²) in [5.74, 6) is -0.766. The number of carbonyl (C=O) groups is 1. The molecule has 0 saturated carbocycles. The number of benzene rings is 1. The normalized spacial score (nSPS) is 10.2. The number of hydrogen-bond donors (Lipinski definition) is 3. The van der Waals surface area contributed by atoms with Crippen molar-refractivity contribution < 1.29 is 19.2 Å². The lowest BCUT2D eigenvalue weighted by molar-refractivity contribution is -0.384. The molecule has 0 radical (unpaired) electrons. The fraction of sp³-hybridized carbons (Fsp3) is 0.0833. The molecular formula is C12H11N3O5. The highest BCUT2D eigenvalue weighted by molar-refractivity contribution is 6.04. The van der Waals surface area contributed by atoms with Gasteiger partial charge in [-0.25, -0.2) is 0 Å². The van der Waals surface area contributed by atoms with Gasteiger partial charge in [0.25, 0.3) is 11.6 Å². The highest BCUT2D eigenvalue weighted by atomic mass is 16.6. The zero-order valence-electron chi connectivity index (χ0n) is 10.2. The predicted octanol–water partition coefficient (Wildman–Crippen LogP) is 1.60. The maximum absolute atomic E-state index is 11.9. The van der Waals surface area contributed by atoms with Gasteiger partial charge in [0.1, 0.15) is 11.5 Å². The van der Waals surface area contributed by atoms with Gasteiger partial charge in [-0.1, -0.05) is 6.07 Å². The van der Waals surface area contributed by atoms with Gasteiger partial charge in [0, 0.05) is 6.07 Å². The van der Waals surface area contributed by atoms with Crippen molar-refractivity contribution in [3.63, 3.8) is 0 Å². The summed E-state index contributed by atoms with van der Waals surface area (Å²) in [5.41, 5.74) is 4.65. The van der Waals surface area contributed by atoms with Crippen LogP contribution in [-0.4, -0.2) is 15.9 Å². The fourth-order valence-electron chi connectivity index (χ4n) is 1.59. The van der Waals surface area contributed by atoms with Gasteiger partial charge in [-0.2, -0.15) is 0 Å². The van der Waals surface area contributed by atoms with Crippen LogP contribution in [-0.2, 0) is 6.54 Å². The monoisotopic (exact) mass is 277 g/mol. The van der Waals surface area contributed by atoms with E-state index in [1.807, 2.05) is 0 Å². The Labute approximate surface area is 113 Å². The van der Waals surface area contributed by atoms with Crippen LogP contribution in [0.4, 0.5) is 11.4 Å². The number of nitrogens with two attached hydrogens (primary N) is 1. The van der Waals surface area contributed by atoms with E-state index in [0.29, 0.717) is 5.76 Å². The standard InChI is InChI=1S/C12H11N3O5/c13-6-7-4-5-10(20-7)12(17)14-11-8(15(18)19)2-1-3-9(11)16/h1-5,16H,6,13H2,(H,14,17). The third-order valence-corrected chi connectivity index (χ3v) is 2.54. The summed E-state index contributed by atoms with van der Waals surface area (Å²) < 4.78 is 5.12. The van der Waals surface area contributed by atoms with E-state index in [0.717, 1.165) is 0 Å². The van der Waals surface area contributed by atoms with Gasteiger partial charge in [-0.3, -0.25) is 14.9 Å². The predicted molar refractivity (Wildman–Crippen MR) is 69.3 cm³/mol. The Balaban J connectivity index is 2.30. The first kappa shape index (κ1) is 13.6. The number of aromatic hydroxyl groups is 1. The minimum absolute atomic E-state index is 0.0528. The van der Waals surface area contributed by atoms with Crippen molar-refractivity contribution in [2.45, 2.75) is 6.54 Å². The first-order valence-electron chi connectivity index (χ1n) is 5.59. The molecule has 0 atom stereocenters. The van der Waals surface area contributed by atoms with Crippen molar-refractivity contribution in [2.24, 2.45) is 5.73 Å². The highest BCUT2D eigenvalue weighted by Crippen LogP contribution is 2.33. The van der Waals surface area contributed by atoms with E-state index in [2.05, 4.69) is 5.32 Å². The average molecular weight is 277 g/mol. The molecule has 0 bridgehead atoms. The molecule has 0 aliphatic rings. The van der Waals surface area contributed by atoms with Gasteiger partial charge in [0.15, 0.2) is 11.4 Å². The molecule has 104 valence electrons. The largest absolute Gasteiger partial charge is 0.505 e. The first-order valence-corrected chi connectivity index (χ1v) is 5.59. The average Bonchev–Trinajstić information content (AvgIpc) is 2.89. The lowest BCUT2D eigenvalue weighted by Crippen LogP contribution is -2.12. The van der Waals surface area contributed by atoms with E-state index in [9.17, 15) is 20.0 Å². The Kier molecular flexibility index (Phi) is 3.67. The lowest BCUT2D eigenvalue weighted by Gasteiger charge is -2.06. The molecule has 2 aromatic rings. The van der Waals surface area contributed by atoms with E-state index in [-0.39, 0.29) is 18.0 Å². The number of furan rings is 1. The van der Waals surface area contributed by atoms with Crippen LogP contribution in [0.15, 0.2) is 34.7 Å². The summed E-state index contributed by atoms with van der Waals surface area (Å²) in [6.45, 7) is 0.129. The summed E-state index contributed by atoms with van der Waals surface area (Å²) in [7, 11) is 0. The number of carbonyl (C=O) groups excluding carboxylic acids is 1. The Hall–Kier alpha value is -2.87. The van der Waals surface area contributed by atoms with Crippen molar-refractivity contribution in [2.75, 3.05) is 5.32 Å². The molecule has 8 nitrogen and oxygen atoms in total. The zero-order valence-corrected chi connectivity index (χ0v) is 10.2. The van der Waals surface area contributed by atoms with Crippen LogP contribution in [0.2, 0.25) is 0 Å². The van der Waals surface area contributed by atoms with Crippen molar-refractivity contribution >= 4 is 17.3 Å². The molecule has 0 fully saturated rings. The summed E-state index contributed by atoms with van der Waals surface area (Å²) in [6.07, 6.45) is 0. The van der Waals surface area contributed by atoms with E-state index in [4.69, 9.17) is 10.2 Å². The minimum atomic E-state index is -0.714. The van der Waals surface area contributed by atoms with Gasteiger partial charge in [0.05, 0.1) is 11.5 Å². The number of nitro benzene ring substituents is 1. The van der Waals surface area contributed by atoms with Gasteiger partial charge in [-0.15, -0.1) is 0 Å². The molecule has 2 rings (SSSR count). The highest BCUT2D eigenvalue weighted by Gasteiger charge is 2.21. The third-order valence-electron chi connectivity index (χ3n) is 2.54. The van der Waals surface area contributed by atoms with E-state index in [1.165, 1.54) is 30.3 Å². The van der Waals surface area contributed by atoms with E-state index in [1.54, 1.807) is 0 Å². The quantitative estimate of drug-likeness (QED) is 0.442. The lowest BCUT2D eigenvalue weighted by atomic mass is 10.2. The van der Waals surface area contributed by atoms with Crippen molar-refractivity contribution in [3.8, 4) is 5.75 Å². The SMILES string of the molecule is NCc1ccc(C(=O)Nc2c(O)cccc2[N+](=O)[O-])o1. The van der Waals surface area contributed by atoms with Gasteiger partial charge in [0.2, 0.25) is 0 Å². The molecule has 1 amide bonds. The molecule has 0 unspecified atom stereocenters. The molecule has 4 N–H and O–H groups in total. The second-order valence-corrected chi connectivity index (χ2v) is 3.85. The number of para-hydroxylation sites is 1. The van der Waals surface area contributed by atoms with Crippen LogP contribution in [0, 0.1) is 10.1 Å². The van der Waals surface area contributed by atoms with Crippen LogP contribution in [0.5, 0.6) is 5.75 Å². The second kappa shape index (κ2) is 5.41. The second-order valence-electron chi connectivity index (χ2n) is 3.85. The van der Waals surface area contributed by atoms with E-state index >= 15 is 0 Å². The molecule has 0 spiro atoms. The number of phenols is 1. The molecular weight excluding hydrogens is 266 g/mol. The van der Waals surface area contributed by atoms with Crippen molar-refractivity contribution in [1.82, 2.24) is 0 Å². The Morgan fingerprint density at radius 1 is 1.40 bits per heavy atom. The number of anilines is 1. The van der Waals surface area contributed by atoms with Gasteiger partial charge >= 0.3 is 0 Å². The molecule has 1 heterocycles. The Morgan fingerprint density at radius 2 is 2.15 bits per heavy atom. The molecule has 20 heavy (non-hydrogen) atoms. The van der Waals surface area contributed by atoms with Crippen LogP contribution < -0.4 is 11.1 Å². The zero-order chi connectivity index (χ0) is 14.7. The molecule has 0 aliphatic heterocycles. The fourth-order valence-corrected chi connectivity index (χ4v) is 1.59. The Morgan fingerprint density at radius 3 is 2.75 bits per heavy atom. The van der Waals surface area contributed by atoms with Crippen LogP contribution in [0.1, 0.15) is 16.3 Å². The number of nitrogens with one attached hydrogen (secondary N) is 1. The number of nitro groups is 1. The molecule has 8 heteroatoms. The van der Waals surface area contributed by atoms with Crippen LogP contribution >= 0.6 is 0 Å². The minimum Gasteiger partial charge on any atom is -0.505 e. The Bertz CT molecular complexity index is 665. The first-order chi connectivity index (χ1) is 9.52. The molecule has 1 aromatic heterocycles. The van der Waals surface area contributed by atoms with Gasteiger partial charge < -0.3 is 20.6 Å². The topological polar surface area (TPSA) is 132 Å². The maximum Gasteiger partial charge on any atom is 0.296 e. The summed E-state index contributed by atoms with van der Waals surface area (Å²) in [6, 6.07) is 6.62. The number of rotatable bonds is 4. The number of phenolic OH excluding ortho intramolecular Hbond substituents is 1. The molecule has 0 aliphatic carbocycles. The van der Waals surface area contributed by atoms with Gasteiger partial charge in [-0.05, 0) is 18.2 Å². The number of nitrogens with zero attached hydrogens (tertiary/aromatic N) is 1. The summed E-state index contributed by atoms with van der Waals surface area (Å²) in [5, 5.41) is 22.7. The molecule has 1 aromatic carbocycles. The van der Waals surface area contributed by atoms with Crippen LogP contribution in [0.3, 0.4) is 0 Å². The number of hydrogen-bond acceptors (Lipinski definition) is 6. The maximum atomic E-state index is 11.9. The van der Waals surface area contributed by atoms with Crippen LogP contribution in [0.25, 0.3) is 0 Å². The van der Waals surface area contributed by atoms with Crippen molar-refractivity contribution in [1.29, 1.82) is 0 Å². The van der Waals surface area contributed by atoms with E-state index < -0.39 is 22.3 Å². The summed E-state index contributed by atoms with van der Waals surface area (Å²) in [4.78, 5) is 22.0. The molecule has 0 saturated heterocycles. The van der Waals surface area contributed by atoms with Crippen molar-refractivity contribution in [3.05, 3.63) is 52.0 Å². The summed E-state index contributed by atoms with van der Waals surface area (Å²) >= 11 is 0. The third kappa shape index (κ3) is 2.59.